The number of nitrogens with zero attached hydrogens (tertiary/aromatic N) is 2. The second kappa shape index (κ2) is 8.49. The van der Waals surface area contributed by atoms with Crippen LogP contribution in [0.2, 0.25) is 0 Å². The van der Waals surface area contributed by atoms with E-state index in [0.29, 0.717) is 23.6 Å². The van der Waals surface area contributed by atoms with Gasteiger partial charge in [-0.1, -0.05) is 0 Å². The van der Waals surface area contributed by atoms with E-state index in [2.05, 4.69) is 4.90 Å². The molecule has 0 radical (unpaired) electrons. The minimum atomic E-state index is -0.849. The van der Waals surface area contributed by atoms with Crippen LogP contribution in [0.25, 0.3) is 0 Å². The number of likely N-dealkylation sites (tertiary alicyclic amines) is 1. The molecule has 0 bridgehead atoms. The standard InChI is InChI=1S/C20H31BN2O6/c1-19(2)20(3,4)29-21(28-19)15-13-17(26-5)18(14-16(15)23(24)25)27-12-8-11-22-9-6-7-10-22/h13-14H,6-12H2,1-5H3. The molecule has 1 aromatic carbocycles. The summed E-state index contributed by atoms with van der Waals surface area (Å²) in [7, 11) is 0.672. The number of hydrogen-bond donors (Lipinski definition) is 0. The molecule has 0 aromatic heterocycles. The lowest BCUT2D eigenvalue weighted by Gasteiger charge is -2.32. The molecule has 2 fully saturated rings. The minimum Gasteiger partial charge on any atom is -0.493 e. The largest absolute Gasteiger partial charge is 0.502 e. The van der Waals surface area contributed by atoms with Crippen LogP contribution in [0, 0.1) is 10.1 Å². The lowest BCUT2D eigenvalue weighted by Crippen LogP contribution is -2.41. The van der Waals surface area contributed by atoms with Crippen molar-refractivity contribution in [1.82, 2.24) is 4.90 Å². The first-order valence-corrected chi connectivity index (χ1v) is 10.2. The predicted molar refractivity (Wildman–Crippen MR) is 111 cm³/mol. The SMILES string of the molecule is COc1cc(B2OC(C)(C)C(C)(C)O2)c([N+](=O)[O-])cc1OCCCN1CCCC1. The predicted octanol–water partition coefficient (Wildman–Crippen LogP) is 2.77. The number of benzene rings is 1. The van der Waals surface area contributed by atoms with E-state index in [1.807, 2.05) is 27.7 Å². The Morgan fingerprint density at radius 1 is 1.14 bits per heavy atom. The topological polar surface area (TPSA) is 83.3 Å². The van der Waals surface area contributed by atoms with Gasteiger partial charge in [-0.15, -0.1) is 0 Å². The van der Waals surface area contributed by atoms with Gasteiger partial charge in [0.2, 0.25) is 0 Å². The first kappa shape index (κ1) is 21.9. The van der Waals surface area contributed by atoms with Crippen LogP contribution in [0.15, 0.2) is 12.1 Å². The fourth-order valence-corrected chi connectivity index (χ4v) is 3.63. The molecule has 2 aliphatic heterocycles. The van der Waals surface area contributed by atoms with Gasteiger partial charge >= 0.3 is 7.12 Å². The third-order valence-electron chi connectivity index (χ3n) is 6.09. The Morgan fingerprint density at radius 3 is 2.31 bits per heavy atom. The third-order valence-corrected chi connectivity index (χ3v) is 6.09. The Labute approximate surface area is 172 Å². The number of ether oxygens (including phenoxy) is 2. The maximum absolute atomic E-state index is 11.7. The van der Waals surface area contributed by atoms with Crippen LogP contribution in [-0.4, -0.2) is 61.5 Å². The molecule has 2 aliphatic rings. The van der Waals surface area contributed by atoms with Crippen LogP contribution in [0.1, 0.15) is 47.0 Å². The summed E-state index contributed by atoms with van der Waals surface area (Å²) in [5, 5.41) is 11.7. The molecule has 0 spiro atoms. The van der Waals surface area contributed by atoms with E-state index < -0.39 is 23.2 Å². The summed E-state index contributed by atoms with van der Waals surface area (Å²) in [6.45, 7) is 11.4. The van der Waals surface area contributed by atoms with Crippen LogP contribution < -0.4 is 14.9 Å². The number of rotatable bonds is 8. The van der Waals surface area contributed by atoms with Gasteiger partial charge in [-0.3, -0.25) is 10.1 Å². The first-order chi connectivity index (χ1) is 13.6. The molecule has 160 valence electrons. The summed E-state index contributed by atoms with van der Waals surface area (Å²) in [6.07, 6.45) is 3.36. The lowest BCUT2D eigenvalue weighted by atomic mass is 9.77. The van der Waals surface area contributed by atoms with Crippen molar-refractivity contribution in [3.8, 4) is 11.5 Å². The summed E-state index contributed by atoms with van der Waals surface area (Å²) in [6, 6.07) is 3.01. The first-order valence-electron chi connectivity index (χ1n) is 10.2. The molecule has 0 unspecified atom stereocenters. The molecule has 9 heteroatoms. The Kier molecular flexibility index (Phi) is 6.40. The molecule has 0 amide bonds. The summed E-state index contributed by atoms with van der Waals surface area (Å²) in [4.78, 5) is 13.7. The summed E-state index contributed by atoms with van der Waals surface area (Å²) in [5.41, 5.74) is -0.957. The van der Waals surface area contributed by atoms with Crippen molar-refractivity contribution in [2.45, 2.75) is 58.2 Å². The molecule has 2 saturated heterocycles. The maximum Gasteiger partial charge on any atom is 0.502 e. The molecule has 29 heavy (non-hydrogen) atoms. The molecule has 0 saturated carbocycles. The molecule has 8 nitrogen and oxygen atoms in total. The van der Waals surface area contributed by atoms with E-state index in [9.17, 15) is 10.1 Å². The fourth-order valence-electron chi connectivity index (χ4n) is 3.63. The Balaban J connectivity index is 1.77. The average Bonchev–Trinajstić information content (AvgIpc) is 3.23. The van der Waals surface area contributed by atoms with Crippen LogP contribution in [0.4, 0.5) is 5.69 Å². The van der Waals surface area contributed by atoms with E-state index in [0.717, 1.165) is 26.1 Å². The maximum atomic E-state index is 11.7. The molecular weight excluding hydrogens is 375 g/mol. The molecular formula is C20H31BN2O6. The fraction of sp³-hybridized carbons (Fsp3) is 0.700. The zero-order chi connectivity index (χ0) is 21.2. The van der Waals surface area contributed by atoms with Crippen molar-refractivity contribution in [3.05, 3.63) is 22.2 Å². The van der Waals surface area contributed by atoms with Gasteiger partial charge < -0.3 is 23.7 Å². The second-order valence-electron chi connectivity index (χ2n) is 8.66. The van der Waals surface area contributed by atoms with Gasteiger partial charge in [-0.25, -0.2) is 0 Å². The van der Waals surface area contributed by atoms with Crippen LogP contribution in [-0.2, 0) is 9.31 Å². The molecule has 0 aliphatic carbocycles. The van der Waals surface area contributed by atoms with Crippen molar-refractivity contribution >= 4 is 18.3 Å². The van der Waals surface area contributed by atoms with Crippen molar-refractivity contribution in [3.63, 3.8) is 0 Å². The quantitative estimate of drug-likeness (QED) is 0.284. The Morgan fingerprint density at radius 2 is 1.76 bits per heavy atom. The number of methoxy groups -OCH3 is 1. The highest BCUT2D eigenvalue weighted by atomic mass is 16.7. The Bertz CT molecular complexity index is 733. The van der Waals surface area contributed by atoms with Gasteiger partial charge in [0.1, 0.15) is 0 Å². The van der Waals surface area contributed by atoms with Gasteiger partial charge in [0, 0.05) is 6.54 Å². The van der Waals surface area contributed by atoms with Crippen molar-refractivity contribution in [2.24, 2.45) is 0 Å². The van der Waals surface area contributed by atoms with Crippen molar-refractivity contribution in [1.29, 1.82) is 0 Å². The molecule has 1 aromatic rings. The van der Waals surface area contributed by atoms with E-state index in [1.54, 1.807) is 6.07 Å². The number of hydrogen-bond acceptors (Lipinski definition) is 7. The van der Waals surface area contributed by atoms with Gasteiger partial charge in [0.05, 0.1) is 41.4 Å². The molecule has 0 N–H and O–H groups in total. The van der Waals surface area contributed by atoms with Crippen molar-refractivity contribution < 1.29 is 23.7 Å². The summed E-state index contributed by atoms with van der Waals surface area (Å²) < 4.78 is 23.3. The van der Waals surface area contributed by atoms with Gasteiger partial charge in [0.15, 0.2) is 11.5 Å². The normalized spacial score (nSPS) is 20.8. The highest BCUT2D eigenvalue weighted by Crippen LogP contribution is 2.39. The summed E-state index contributed by atoms with van der Waals surface area (Å²) in [5.74, 6) is 0.794. The second-order valence-corrected chi connectivity index (χ2v) is 8.66. The zero-order valence-corrected chi connectivity index (χ0v) is 18.0. The highest BCUT2D eigenvalue weighted by molar-refractivity contribution is 6.63. The molecule has 3 rings (SSSR count). The van der Waals surface area contributed by atoms with Gasteiger partial charge in [0.25, 0.3) is 5.69 Å². The molecule has 2 heterocycles. The molecule has 0 atom stereocenters. The lowest BCUT2D eigenvalue weighted by molar-refractivity contribution is -0.383. The van der Waals surface area contributed by atoms with Crippen LogP contribution in [0.5, 0.6) is 11.5 Å². The summed E-state index contributed by atoms with van der Waals surface area (Å²) >= 11 is 0. The number of nitro groups is 1. The Hall–Kier alpha value is -1.84. The van der Waals surface area contributed by atoms with Crippen molar-refractivity contribution in [2.75, 3.05) is 33.4 Å². The third kappa shape index (κ3) is 4.68. The zero-order valence-electron chi connectivity index (χ0n) is 18.0. The van der Waals surface area contributed by atoms with Crippen LogP contribution >= 0.6 is 0 Å². The number of nitro benzene ring substituents is 1. The van der Waals surface area contributed by atoms with E-state index >= 15 is 0 Å². The minimum absolute atomic E-state index is 0.0983. The van der Waals surface area contributed by atoms with E-state index in [1.165, 1.54) is 26.0 Å². The smallest absolute Gasteiger partial charge is 0.493 e. The van der Waals surface area contributed by atoms with Crippen LogP contribution in [0.3, 0.4) is 0 Å². The monoisotopic (exact) mass is 406 g/mol. The highest BCUT2D eigenvalue weighted by Gasteiger charge is 2.53. The van der Waals surface area contributed by atoms with Gasteiger partial charge in [-0.2, -0.15) is 0 Å². The van der Waals surface area contributed by atoms with Gasteiger partial charge in [-0.05, 0) is 66.1 Å². The van der Waals surface area contributed by atoms with E-state index in [-0.39, 0.29) is 5.69 Å². The average molecular weight is 406 g/mol. The van der Waals surface area contributed by atoms with E-state index in [4.69, 9.17) is 18.8 Å².